The van der Waals surface area contributed by atoms with Gasteiger partial charge in [0.05, 0.1) is 4.90 Å². The van der Waals surface area contributed by atoms with Gasteiger partial charge in [0.1, 0.15) is 11.2 Å². The molecule has 0 fully saturated rings. The van der Waals surface area contributed by atoms with Gasteiger partial charge in [0.15, 0.2) is 0 Å². The van der Waals surface area contributed by atoms with E-state index in [1.165, 1.54) is 0 Å². The first-order valence-corrected chi connectivity index (χ1v) is 9.64. The van der Waals surface area contributed by atoms with Crippen LogP contribution in [0.4, 0.5) is 11.4 Å². The molecule has 4 aromatic rings. The van der Waals surface area contributed by atoms with E-state index in [1.807, 2.05) is 55.4 Å². The second-order valence-corrected chi connectivity index (χ2v) is 7.99. The lowest BCUT2D eigenvalue weighted by atomic mass is 10.1. The van der Waals surface area contributed by atoms with Crippen molar-refractivity contribution in [2.75, 3.05) is 23.7 Å². The summed E-state index contributed by atoms with van der Waals surface area (Å²) in [6, 6.07) is 19.7. The summed E-state index contributed by atoms with van der Waals surface area (Å²) >= 11 is 0. The Morgan fingerprint density at radius 3 is 2.27 bits per heavy atom. The van der Waals surface area contributed by atoms with E-state index in [-0.39, 0.29) is 4.90 Å². The van der Waals surface area contributed by atoms with Crippen LogP contribution in [0.1, 0.15) is 0 Å². The van der Waals surface area contributed by atoms with Gasteiger partial charge in [-0.05, 0) is 48.5 Å². The van der Waals surface area contributed by atoms with Gasteiger partial charge < -0.3 is 9.32 Å². The zero-order valence-electron chi connectivity index (χ0n) is 14.4. The van der Waals surface area contributed by atoms with E-state index in [0.29, 0.717) is 11.3 Å². The number of para-hydroxylation sites is 1. The molecule has 0 atom stereocenters. The van der Waals surface area contributed by atoms with Crippen LogP contribution in [-0.2, 0) is 10.0 Å². The van der Waals surface area contributed by atoms with E-state index in [1.54, 1.807) is 30.3 Å². The Hall–Kier alpha value is -2.99. The van der Waals surface area contributed by atoms with Gasteiger partial charge in [0.2, 0.25) is 0 Å². The second kappa shape index (κ2) is 6.07. The zero-order chi connectivity index (χ0) is 18.3. The molecular weight excluding hydrogens is 348 g/mol. The molecule has 4 rings (SSSR count). The predicted molar refractivity (Wildman–Crippen MR) is 105 cm³/mol. The minimum atomic E-state index is -3.69. The highest BCUT2D eigenvalue weighted by atomic mass is 32.2. The maximum Gasteiger partial charge on any atom is 0.261 e. The number of sulfonamides is 1. The van der Waals surface area contributed by atoms with Crippen molar-refractivity contribution in [3.05, 3.63) is 66.7 Å². The molecule has 3 aromatic carbocycles. The average molecular weight is 366 g/mol. The summed E-state index contributed by atoms with van der Waals surface area (Å²) in [7, 11) is 0.179. The van der Waals surface area contributed by atoms with Crippen molar-refractivity contribution < 1.29 is 12.8 Å². The summed E-state index contributed by atoms with van der Waals surface area (Å²) in [6.45, 7) is 0. The molecule has 1 heterocycles. The molecule has 0 saturated heterocycles. The van der Waals surface area contributed by atoms with Crippen molar-refractivity contribution in [1.82, 2.24) is 0 Å². The normalized spacial score (nSPS) is 11.8. The Balaban J connectivity index is 1.72. The molecule has 0 unspecified atom stereocenters. The molecule has 1 N–H and O–H groups in total. The highest BCUT2D eigenvalue weighted by Gasteiger charge is 2.17. The van der Waals surface area contributed by atoms with Crippen LogP contribution in [-0.4, -0.2) is 22.5 Å². The summed E-state index contributed by atoms with van der Waals surface area (Å²) < 4.78 is 33.9. The molecule has 5 nitrogen and oxygen atoms in total. The highest BCUT2D eigenvalue weighted by molar-refractivity contribution is 7.92. The Labute approximate surface area is 151 Å². The van der Waals surface area contributed by atoms with Crippen LogP contribution in [0.15, 0.2) is 76.0 Å². The van der Waals surface area contributed by atoms with Crippen LogP contribution in [0.3, 0.4) is 0 Å². The van der Waals surface area contributed by atoms with E-state index in [0.717, 1.165) is 22.0 Å². The van der Waals surface area contributed by atoms with Crippen molar-refractivity contribution in [3.8, 4) is 0 Å². The summed E-state index contributed by atoms with van der Waals surface area (Å²) in [5.41, 5.74) is 2.93. The van der Waals surface area contributed by atoms with Gasteiger partial charge in [-0.15, -0.1) is 0 Å². The third-order valence-electron chi connectivity index (χ3n) is 4.29. The lowest BCUT2D eigenvalue weighted by Gasteiger charge is -2.13. The first kappa shape index (κ1) is 16.5. The number of nitrogens with one attached hydrogen (secondary N) is 1. The quantitative estimate of drug-likeness (QED) is 0.579. The first-order chi connectivity index (χ1) is 12.4. The number of benzene rings is 3. The van der Waals surface area contributed by atoms with Crippen molar-refractivity contribution in [2.24, 2.45) is 0 Å². The monoisotopic (exact) mass is 366 g/mol. The summed E-state index contributed by atoms with van der Waals surface area (Å²) in [5.74, 6) is 0. The first-order valence-electron chi connectivity index (χ1n) is 8.15. The third-order valence-corrected chi connectivity index (χ3v) is 5.67. The molecule has 0 aliphatic carbocycles. The average Bonchev–Trinajstić information content (AvgIpc) is 2.99. The lowest BCUT2D eigenvalue weighted by Crippen LogP contribution is -2.13. The molecule has 26 heavy (non-hydrogen) atoms. The third kappa shape index (κ3) is 2.88. The van der Waals surface area contributed by atoms with Crippen LogP contribution in [0.25, 0.3) is 21.9 Å². The molecule has 0 spiro atoms. The van der Waals surface area contributed by atoms with Crippen molar-refractivity contribution in [1.29, 1.82) is 0 Å². The topological polar surface area (TPSA) is 62.6 Å². The van der Waals surface area contributed by atoms with Gasteiger partial charge in [-0.1, -0.05) is 18.2 Å². The van der Waals surface area contributed by atoms with Crippen LogP contribution in [0.5, 0.6) is 0 Å². The largest absolute Gasteiger partial charge is 0.456 e. The summed E-state index contributed by atoms with van der Waals surface area (Å²) in [5, 5.41) is 1.68. The number of hydrogen-bond acceptors (Lipinski definition) is 4. The highest BCUT2D eigenvalue weighted by Crippen LogP contribution is 2.30. The Morgan fingerprint density at radius 1 is 0.846 bits per heavy atom. The maximum absolute atomic E-state index is 12.8. The molecule has 0 aliphatic heterocycles. The number of nitrogens with zero attached hydrogens (tertiary/aromatic N) is 1. The van der Waals surface area contributed by atoms with Crippen molar-refractivity contribution in [3.63, 3.8) is 0 Å². The van der Waals surface area contributed by atoms with Gasteiger partial charge in [0, 0.05) is 36.2 Å². The van der Waals surface area contributed by atoms with Crippen molar-refractivity contribution >= 4 is 43.3 Å². The molecule has 0 aliphatic rings. The van der Waals surface area contributed by atoms with Crippen molar-refractivity contribution in [2.45, 2.75) is 4.90 Å². The van der Waals surface area contributed by atoms with E-state index in [9.17, 15) is 8.42 Å². The lowest BCUT2D eigenvalue weighted by molar-refractivity contribution is 0.601. The Kier molecular flexibility index (Phi) is 3.85. The molecule has 0 amide bonds. The molecular formula is C20H18N2O3S. The number of fused-ring (bicyclic) bond motifs is 3. The molecule has 6 heteroatoms. The summed E-state index contributed by atoms with van der Waals surface area (Å²) in [6.07, 6.45) is 0. The molecule has 132 valence electrons. The van der Waals surface area contributed by atoms with E-state index >= 15 is 0 Å². The van der Waals surface area contributed by atoms with Crippen LogP contribution < -0.4 is 9.62 Å². The fraction of sp³-hybridized carbons (Fsp3) is 0.100. The van der Waals surface area contributed by atoms with E-state index in [4.69, 9.17) is 4.42 Å². The van der Waals surface area contributed by atoms with Crippen LogP contribution >= 0.6 is 0 Å². The van der Waals surface area contributed by atoms with E-state index in [2.05, 4.69) is 4.72 Å². The van der Waals surface area contributed by atoms with Gasteiger partial charge in [-0.25, -0.2) is 8.42 Å². The van der Waals surface area contributed by atoms with Gasteiger partial charge >= 0.3 is 0 Å². The molecule has 0 radical (unpaired) electrons. The fourth-order valence-electron chi connectivity index (χ4n) is 2.91. The molecule has 0 bridgehead atoms. The Morgan fingerprint density at radius 2 is 1.54 bits per heavy atom. The van der Waals surface area contributed by atoms with Gasteiger partial charge in [-0.2, -0.15) is 0 Å². The molecule has 0 saturated carbocycles. The standard InChI is InChI=1S/C20H18N2O3S/c1-22(2)15-9-7-14(8-10-15)21-26(23,24)16-11-12-20-18(13-16)17-5-3-4-6-19(17)25-20/h3-13,21H,1-2H3. The van der Waals surface area contributed by atoms with Crippen LogP contribution in [0.2, 0.25) is 0 Å². The van der Waals surface area contributed by atoms with Gasteiger partial charge in [0.25, 0.3) is 10.0 Å². The number of furan rings is 1. The van der Waals surface area contributed by atoms with Gasteiger partial charge in [-0.3, -0.25) is 4.72 Å². The van der Waals surface area contributed by atoms with E-state index < -0.39 is 10.0 Å². The second-order valence-electron chi connectivity index (χ2n) is 6.30. The number of rotatable bonds is 4. The summed E-state index contributed by atoms with van der Waals surface area (Å²) in [4.78, 5) is 2.16. The zero-order valence-corrected chi connectivity index (χ0v) is 15.2. The fourth-order valence-corrected chi connectivity index (χ4v) is 4.00. The smallest absolute Gasteiger partial charge is 0.261 e. The number of anilines is 2. The van der Waals surface area contributed by atoms with Crippen LogP contribution in [0, 0.1) is 0 Å². The maximum atomic E-state index is 12.8. The SMILES string of the molecule is CN(C)c1ccc(NS(=O)(=O)c2ccc3oc4ccccc4c3c2)cc1. The molecule has 1 aromatic heterocycles. The Bertz CT molecular complexity index is 1190. The minimum Gasteiger partial charge on any atom is -0.456 e. The minimum absolute atomic E-state index is 0.202. The predicted octanol–water partition coefficient (Wildman–Crippen LogP) is 4.45. The number of hydrogen-bond donors (Lipinski definition) is 1.